The Balaban J connectivity index is 2.99. The van der Waals surface area contributed by atoms with Crippen molar-refractivity contribution in [3.05, 3.63) is 66.3 Å². The quantitative estimate of drug-likeness (QED) is 0.623. The summed E-state index contributed by atoms with van der Waals surface area (Å²) in [4.78, 5) is 0. The van der Waals surface area contributed by atoms with E-state index >= 15 is 0 Å². The molecule has 0 heteroatoms. The summed E-state index contributed by atoms with van der Waals surface area (Å²) < 4.78 is 0. The predicted octanol–water partition coefficient (Wildman–Crippen LogP) is 4.53. The van der Waals surface area contributed by atoms with Gasteiger partial charge in [0.15, 0.2) is 0 Å². The summed E-state index contributed by atoms with van der Waals surface area (Å²) in [5, 5.41) is 0. The second-order valence-electron chi connectivity index (χ2n) is 3.53. The van der Waals surface area contributed by atoms with Crippen molar-refractivity contribution >= 4 is 5.57 Å². The molecule has 1 aromatic rings. The maximum absolute atomic E-state index is 3.69. The van der Waals surface area contributed by atoms with E-state index in [-0.39, 0.29) is 0 Å². The second-order valence-corrected chi connectivity index (χ2v) is 3.53. The van der Waals surface area contributed by atoms with Gasteiger partial charge >= 0.3 is 0 Å². The molecule has 0 spiro atoms. The molecule has 78 valence electrons. The van der Waals surface area contributed by atoms with Crippen LogP contribution in [0.2, 0.25) is 0 Å². The molecule has 0 amide bonds. The minimum Gasteiger partial charge on any atom is -0.0991 e. The third-order valence-electron chi connectivity index (χ3n) is 2.22. The van der Waals surface area contributed by atoms with E-state index in [2.05, 4.69) is 56.8 Å². The Labute approximate surface area is 92.6 Å². The molecule has 1 aromatic carbocycles. The summed E-state index contributed by atoms with van der Waals surface area (Å²) in [5.41, 5.74) is 3.82. The third-order valence-corrected chi connectivity index (χ3v) is 2.22. The summed E-state index contributed by atoms with van der Waals surface area (Å²) >= 11 is 0. The first-order valence-electron chi connectivity index (χ1n) is 5.34. The average molecular weight is 198 g/mol. The Hall–Kier alpha value is -1.56. The van der Waals surface area contributed by atoms with E-state index in [0.717, 1.165) is 6.42 Å². The van der Waals surface area contributed by atoms with Gasteiger partial charge in [0.1, 0.15) is 0 Å². The van der Waals surface area contributed by atoms with E-state index in [0.29, 0.717) is 0 Å². The number of hydrogen-bond donors (Lipinski definition) is 0. The van der Waals surface area contributed by atoms with Gasteiger partial charge in [0.25, 0.3) is 0 Å². The van der Waals surface area contributed by atoms with Gasteiger partial charge in [-0.1, -0.05) is 67.6 Å². The lowest BCUT2D eigenvalue weighted by atomic mass is 10.0. The van der Waals surface area contributed by atoms with E-state index in [9.17, 15) is 0 Å². The van der Waals surface area contributed by atoms with Gasteiger partial charge in [0, 0.05) is 0 Å². The number of benzene rings is 1. The van der Waals surface area contributed by atoms with Crippen molar-refractivity contribution in [2.45, 2.75) is 20.3 Å². The van der Waals surface area contributed by atoms with Gasteiger partial charge < -0.3 is 0 Å². The van der Waals surface area contributed by atoms with Crippen LogP contribution in [0.4, 0.5) is 0 Å². The lowest BCUT2D eigenvalue weighted by Crippen LogP contribution is -1.81. The van der Waals surface area contributed by atoms with Crippen LogP contribution in [0.5, 0.6) is 0 Å². The molecule has 0 fully saturated rings. The molecule has 0 aromatic heterocycles. The molecule has 0 aliphatic heterocycles. The molecule has 0 aliphatic carbocycles. The van der Waals surface area contributed by atoms with Crippen molar-refractivity contribution < 1.29 is 0 Å². The lowest BCUT2D eigenvalue weighted by Gasteiger charge is -2.02. The first-order chi connectivity index (χ1) is 7.27. The first-order valence-corrected chi connectivity index (χ1v) is 5.34. The van der Waals surface area contributed by atoms with Crippen molar-refractivity contribution in [3.63, 3.8) is 0 Å². The highest BCUT2D eigenvalue weighted by Crippen LogP contribution is 2.17. The summed E-state index contributed by atoms with van der Waals surface area (Å²) in [6, 6.07) is 8.59. The monoisotopic (exact) mass is 198 g/mol. The number of allylic oxidation sites excluding steroid dienone is 5. The second kappa shape index (κ2) is 6.02. The summed E-state index contributed by atoms with van der Waals surface area (Å²) in [6.07, 6.45) is 9.15. The molecule has 1 rings (SSSR count). The Kier molecular flexibility index (Phi) is 4.62. The summed E-state index contributed by atoms with van der Waals surface area (Å²) in [6.45, 7) is 7.94. The molecule has 0 aliphatic rings. The highest BCUT2D eigenvalue weighted by atomic mass is 14.0. The normalized spacial score (nSPS) is 12.0. The highest BCUT2D eigenvalue weighted by Gasteiger charge is 1.95. The van der Waals surface area contributed by atoms with Gasteiger partial charge in [-0.3, -0.25) is 0 Å². The minimum absolute atomic E-state index is 1.05. The van der Waals surface area contributed by atoms with Crippen LogP contribution in [0.15, 0.2) is 55.1 Å². The number of rotatable bonds is 4. The Morgan fingerprint density at radius 2 is 1.93 bits per heavy atom. The average Bonchev–Trinajstić information content (AvgIpc) is 2.25. The van der Waals surface area contributed by atoms with E-state index in [1.165, 1.54) is 16.7 Å². The molecule has 0 saturated carbocycles. The van der Waals surface area contributed by atoms with Crippen LogP contribution >= 0.6 is 0 Å². The fourth-order valence-corrected chi connectivity index (χ4v) is 1.42. The molecular weight excluding hydrogens is 180 g/mol. The van der Waals surface area contributed by atoms with Crippen molar-refractivity contribution in [2.75, 3.05) is 0 Å². The molecule has 0 heterocycles. The molecule has 0 atom stereocenters. The van der Waals surface area contributed by atoms with E-state index in [1.54, 1.807) is 6.08 Å². The third kappa shape index (κ3) is 3.59. The predicted molar refractivity (Wildman–Crippen MR) is 68.8 cm³/mol. The van der Waals surface area contributed by atoms with Crippen molar-refractivity contribution in [2.24, 2.45) is 0 Å². The number of hydrogen-bond acceptors (Lipinski definition) is 0. The van der Waals surface area contributed by atoms with Gasteiger partial charge in [0.05, 0.1) is 0 Å². The zero-order chi connectivity index (χ0) is 11.1. The maximum atomic E-state index is 3.69. The summed E-state index contributed by atoms with van der Waals surface area (Å²) in [5.74, 6) is 0. The molecule has 0 unspecified atom stereocenters. The fraction of sp³-hybridized carbons (Fsp3) is 0.200. The van der Waals surface area contributed by atoms with Crippen LogP contribution in [0.3, 0.4) is 0 Å². The Morgan fingerprint density at radius 1 is 1.27 bits per heavy atom. The van der Waals surface area contributed by atoms with Crippen LogP contribution in [-0.2, 0) is 0 Å². The van der Waals surface area contributed by atoms with Crippen LogP contribution in [0.1, 0.15) is 24.5 Å². The van der Waals surface area contributed by atoms with Gasteiger partial charge in [-0.2, -0.15) is 0 Å². The van der Waals surface area contributed by atoms with Crippen molar-refractivity contribution in [1.82, 2.24) is 0 Å². The molecule has 0 nitrogen and oxygen atoms in total. The highest BCUT2D eigenvalue weighted by molar-refractivity contribution is 5.74. The molecule has 0 bridgehead atoms. The number of aryl methyl sites for hydroxylation is 1. The maximum Gasteiger partial charge on any atom is -0.0187 e. The molecular formula is C15H18. The smallest absolute Gasteiger partial charge is 0.0187 e. The van der Waals surface area contributed by atoms with Gasteiger partial charge in [-0.15, -0.1) is 0 Å². The fourth-order valence-electron chi connectivity index (χ4n) is 1.42. The van der Waals surface area contributed by atoms with Crippen LogP contribution in [-0.4, -0.2) is 0 Å². The van der Waals surface area contributed by atoms with Gasteiger partial charge in [0.2, 0.25) is 0 Å². The standard InChI is InChI=1S/C15H18/c1-4-6-8-14(7-5-2)15-11-9-13(3)10-12-15/h4,6-12H,1,5H2,2-3H3/b8-6-,14-7+. The SMILES string of the molecule is C=C/C=C\C(=C/CC)c1ccc(C)cc1. The molecule has 0 radical (unpaired) electrons. The van der Waals surface area contributed by atoms with Crippen LogP contribution < -0.4 is 0 Å². The Morgan fingerprint density at radius 3 is 2.47 bits per heavy atom. The molecule has 0 saturated heterocycles. The van der Waals surface area contributed by atoms with Crippen LogP contribution in [0, 0.1) is 6.92 Å². The van der Waals surface area contributed by atoms with Gasteiger partial charge in [-0.05, 0) is 24.5 Å². The largest absolute Gasteiger partial charge is 0.0991 e. The topological polar surface area (TPSA) is 0 Å². The Bertz CT molecular complexity index is 364. The zero-order valence-corrected chi connectivity index (χ0v) is 9.53. The van der Waals surface area contributed by atoms with Gasteiger partial charge in [-0.25, -0.2) is 0 Å². The first kappa shape index (κ1) is 11.5. The van der Waals surface area contributed by atoms with Crippen molar-refractivity contribution in [1.29, 1.82) is 0 Å². The van der Waals surface area contributed by atoms with Crippen molar-refractivity contribution in [3.8, 4) is 0 Å². The van der Waals surface area contributed by atoms with E-state index < -0.39 is 0 Å². The van der Waals surface area contributed by atoms with E-state index in [4.69, 9.17) is 0 Å². The molecule has 0 N–H and O–H groups in total. The van der Waals surface area contributed by atoms with E-state index in [1.807, 2.05) is 6.08 Å². The zero-order valence-electron chi connectivity index (χ0n) is 9.53. The summed E-state index contributed by atoms with van der Waals surface area (Å²) in [7, 11) is 0. The minimum atomic E-state index is 1.05. The molecule has 15 heavy (non-hydrogen) atoms. The lowest BCUT2D eigenvalue weighted by molar-refractivity contribution is 1.23. The van der Waals surface area contributed by atoms with Crippen LogP contribution in [0.25, 0.3) is 5.57 Å².